The Labute approximate surface area is 107 Å². The van der Waals surface area contributed by atoms with E-state index in [4.69, 9.17) is 25.5 Å². The van der Waals surface area contributed by atoms with Crippen LogP contribution < -0.4 is 5.73 Å². The predicted molar refractivity (Wildman–Crippen MR) is 68.4 cm³/mol. The molecule has 1 aromatic carbocycles. The smallest absolute Gasteiger partial charge is 0.333 e. The highest BCUT2D eigenvalue weighted by Crippen LogP contribution is 2.26. The Kier molecular flexibility index (Phi) is 4.76. The second-order valence-electron chi connectivity index (χ2n) is 3.09. The van der Waals surface area contributed by atoms with Crippen LogP contribution >= 0.6 is 6.72 Å². The molecule has 1 aromatic heterocycles. The molecule has 0 aliphatic carbocycles. The molecule has 2 rings (SSSR count). The molecule has 98 valence electrons. The van der Waals surface area contributed by atoms with Gasteiger partial charge in [-0.05, 0) is 36.1 Å². The van der Waals surface area contributed by atoms with Crippen molar-refractivity contribution < 1.29 is 19.8 Å². The summed E-state index contributed by atoms with van der Waals surface area (Å²) in [6.45, 7) is -3.81. The standard InChI is InChI=1S/C8H8N4O.H3O3PS/c9-6-1-3-7(4-2-6)12-5-10-8(13)11-12;1-4(2,3)5/h1-5H,9H2,(H,11,13);(H3,1,2,3,5). The molecule has 0 aliphatic rings. The fraction of sp³-hybridized carbons (Fsp3) is 0. The minimum absolute atomic E-state index is 0.239. The van der Waals surface area contributed by atoms with Crippen molar-refractivity contribution in [2.75, 3.05) is 5.73 Å². The third-order valence-electron chi connectivity index (χ3n) is 1.64. The van der Waals surface area contributed by atoms with E-state index in [0.29, 0.717) is 5.69 Å². The van der Waals surface area contributed by atoms with Gasteiger partial charge in [0, 0.05) is 5.69 Å². The van der Waals surface area contributed by atoms with E-state index < -0.39 is 6.72 Å². The summed E-state index contributed by atoms with van der Waals surface area (Å²) in [4.78, 5) is 26.3. The number of nitrogens with zero attached hydrogens (tertiary/aromatic N) is 3. The van der Waals surface area contributed by atoms with E-state index in [0.717, 1.165) is 5.69 Å². The fourth-order valence-corrected chi connectivity index (χ4v) is 1.01. The van der Waals surface area contributed by atoms with E-state index in [1.807, 2.05) is 0 Å². The zero-order chi connectivity index (χ0) is 13.8. The van der Waals surface area contributed by atoms with Gasteiger partial charge in [-0.15, -0.1) is 5.10 Å². The van der Waals surface area contributed by atoms with Crippen molar-refractivity contribution in [1.82, 2.24) is 14.8 Å². The largest absolute Gasteiger partial charge is 0.478 e. The molecule has 0 saturated heterocycles. The van der Waals surface area contributed by atoms with Gasteiger partial charge >= 0.3 is 12.7 Å². The summed E-state index contributed by atoms with van der Waals surface area (Å²) in [5.74, 6) is 0. The van der Waals surface area contributed by atoms with Gasteiger partial charge in [0.25, 0.3) is 0 Å². The SMILES string of the molecule is Nc1ccc(-n2cnc(O)n2)cc1.OP(O)(O)=S. The number of nitrogens with two attached hydrogens (primary N) is 1. The van der Waals surface area contributed by atoms with Crippen LogP contribution in [0.5, 0.6) is 6.01 Å². The maximum Gasteiger partial charge on any atom is 0.333 e. The maximum absolute atomic E-state index is 8.90. The zero-order valence-corrected chi connectivity index (χ0v) is 10.7. The fourth-order valence-electron chi connectivity index (χ4n) is 1.01. The van der Waals surface area contributed by atoms with Crippen LogP contribution in [-0.4, -0.2) is 34.6 Å². The van der Waals surface area contributed by atoms with Crippen molar-refractivity contribution in [1.29, 1.82) is 0 Å². The van der Waals surface area contributed by atoms with Crippen LogP contribution in [0.4, 0.5) is 5.69 Å². The first kappa shape index (κ1) is 14.6. The molecule has 0 amide bonds. The highest BCUT2D eigenvalue weighted by Gasteiger charge is 1.99. The summed E-state index contributed by atoms with van der Waals surface area (Å²) in [5.41, 5.74) is 7.01. The number of anilines is 1. The van der Waals surface area contributed by atoms with E-state index in [2.05, 4.69) is 21.9 Å². The Bertz CT molecular complexity index is 544. The summed E-state index contributed by atoms with van der Waals surface area (Å²) >= 11 is 3.60. The highest BCUT2D eigenvalue weighted by molar-refractivity contribution is 8.06. The van der Waals surface area contributed by atoms with E-state index in [1.54, 1.807) is 24.3 Å². The van der Waals surface area contributed by atoms with E-state index in [9.17, 15) is 0 Å². The quantitative estimate of drug-likeness (QED) is 0.358. The second-order valence-corrected chi connectivity index (χ2v) is 5.59. The minimum atomic E-state index is -3.81. The van der Waals surface area contributed by atoms with E-state index in [-0.39, 0.29) is 6.01 Å². The van der Waals surface area contributed by atoms with Crippen LogP contribution in [0.1, 0.15) is 0 Å². The Morgan fingerprint density at radius 3 is 2.06 bits per heavy atom. The van der Waals surface area contributed by atoms with Crippen LogP contribution in [0.3, 0.4) is 0 Å². The lowest BCUT2D eigenvalue weighted by Gasteiger charge is -1.98. The Balaban J connectivity index is 0.000000280. The van der Waals surface area contributed by atoms with E-state index in [1.165, 1.54) is 11.0 Å². The number of nitrogen functional groups attached to an aromatic ring is 1. The van der Waals surface area contributed by atoms with Gasteiger partial charge in [-0.25, -0.2) is 4.68 Å². The topological polar surface area (TPSA) is 138 Å². The van der Waals surface area contributed by atoms with Crippen LogP contribution in [0, 0.1) is 0 Å². The van der Waals surface area contributed by atoms with Crippen LogP contribution in [0.25, 0.3) is 5.69 Å². The second kappa shape index (κ2) is 5.89. The molecule has 0 fully saturated rings. The highest BCUT2D eigenvalue weighted by atomic mass is 32.5. The molecule has 18 heavy (non-hydrogen) atoms. The van der Waals surface area contributed by atoms with Crippen molar-refractivity contribution in [2.45, 2.75) is 0 Å². The van der Waals surface area contributed by atoms with Gasteiger partial charge in [-0.3, -0.25) is 0 Å². The summed E-state index contributed by atoms with van der Waals surface area (Å²) < 4.78 is 1.47. The lowest BCUT2D eigenvalue weighted by atomic mass is 10.3. The minimum Gasteiger partial charge on any atom is -0.478 e. The van der Waals surface area contributed by atoms with E-state index >= 15 is 0 Å². The van der Waals surface area contributed by atoms with Crippen LogP contribution in [0.15, 0.2) is 30.6 Å². The number of rotatable bonds is 1. The van der Waals surface area contributed by atoms with Gasteiger partial charge < -0.3 is 25.5 Å². The normalized spacial score (nSPS) is 10.6. The average Bonchev–Trinajstić information content (AvgIpc) is 2.63. The van der Waals surface area contributed by atoms with Gasteiger partial charge in [0.1, 0.15) is 6.33 Å². The van der Waals surface area contributed by atoms with Crippen molar-refractivity contribution in [2.24, 2.45) is 0 Å². The van der Waals surface area contributed by atoms with Gasteiger partial charge in [0.05, 0.1) is 5.69 Å². The summed E-state index contributed by atoms with van der Waals surface area (Å²) in [6.07, 6.45) is 1.43. The molecule has 8 nitrogen and oxygen atoms in total. The molecule has 10 heteroatoms. The Hall–Kier alpha value is -1.51. The van der Waals surface area contributed by atoms with Crippen molar-refractivity contribution in [3.8, 4) is 11.7 Å². The van der Waals surface area contributed by atoms with Gasteiger partial charge in [0.2, 0.25) is 0 Å². The van der Waals surface area contributed by atoms with Gasteiger partial charge in [0.15, 0.2) is 0 Å². The molecule has 0 radical (unpaired) electrons. The first-order valence-corrected chi connectivity index (χ1v) is 7.16. The van der Waals surface area contributed by atoms with Crippen molar-refractivity contribution in [3.05, 3.63) is 30.6 Å². The first-order chi connectivity index (χ1) is 8.25. The third-order valence-corrected chi connectivity index (χ3v) is 1.64. The molecule has 0 unspecified atom stereocenters. The Morgan fingerprint density at radius 2 is 1.67 bits per heavy atom. The monoisotopic (exact) mass is 290 g/mol. The van der Waals surface area contributed by atoms with Crippen LogP contribution in [-0.2, 0) is 11.8 Å². The van der Waals surface area contributed by atoms with Gasteiger partial charge in [-0.2, -0.15) is 4.98 Å². The van der Waals surface area contributed by atoms with Crippen molar-refractivity contribution in [3.63, 3.8) is 0 Å². The molecule has 2 aromatic rings. The average molecular weight is 290 g/mol. The summed E-state index contributed by atoms with van der Waals surface area (Å²) in [7, 11) is 0. The molecule has 1 heterocycles. The maximum atomic E-state index is 8.90. The molecular weight excluding hydrogens is 279 g/mol. The first-order valence-electron chi connectivity index (χ1n) is 4.50. The molecule has 0 spiro atoms. The number of benzene rings is 1. The number of aromatic nitrogens is 3. The number of aromatic hydroxyl groups is 1. The molecule has 0 aliphatic heterocycles. The molecule has 0 saturated carbocycles. The lowest BCUT2D eigenvalue weighted by Crippen LogP contribution is -1.94. The van der Waals surface area contributed by atoms with Gasteiger partial charge in [-0.1, -0.05) is 0 Å². The lowest BCUT2D eigenvalue weighted by molar-refractivity contribution is 0.363. The molecular formula is C8H11N4O4PS. The third kappa shape index (κ3) is 5.71. The molecule has 0 atom stereocenters. The summed E-state index contributed by atoms with van der Waals surface area (Å²) in [6, 6.07) is 6.87. The van der Waals surface area contributed by atoms with Crippen LogP contribution in [0.2, 0.25) is 0 Å². The molecule has 0 bridgehead atoms. The number of hydrogen-bond acceptors (Lipinski definition) is 5. The Morgan fingerprint density at radius 1 is 1.17 bits per heavy atom. The predicted octanol–water partition coefficient (Wildman–Crippen LogP) is -0.257. The zero-order valence-electron chi connectivity index (χ0n) is 8.95. The summed E-state index contributed by atoms with van der Waals surface area (Å²) in [5, 5.41) is 12.6. The number of hydrogen-bond donors (Lipinski definition) is 5. The molecule has 6 N–H and O–H groups in total. The van der Waals surface area contributed by atoms with Crippen molar-refractivity contribution >= 4 is 24.2 Å².